The van der Waals surface area contributed by atoms with E-state index in [4.69, 9.17) is 14.2 Å². The fourth-order valence-electron chi connectivity index (χ4n) is 2.94. The summed E-state index contributed by atoms with van der Waals surface area (Å²) in [4.78, 5) is 14.1. The van der Waals surface area contributed by atoms with Crippen molar-refractivity contribution >= 4 is 5.91 Å². The molecule has 0 aromatic heterocycles. The molecule has 1 amide bonds. The number of carbonyl (C=O) groups excluding carboxylic acids is 1. The third-order valence-corrected chi connectivity index (χ3v) is 4.31. The van der Waals surface area contributed by atoms with Crippen LogP contribution in [0.15, 0.2) is 24.3 Å². The number of hydrogen-bond acceptors (Lipinski definition) is 5. The van der Waals surface area contributed by atoms with Crippen molar-refractivity contribution in [2.24, 2.45) is 0 Å². The van der Waals surface area contributed by atoms with Gasteiger partial charge in [-0.05, 0) is 12.1 Å². The largest absolute Gasteiger partial charge is 0.486 e. The van der Waals surface area contributed by atoms with Crippen molar-refractivity contribution in [3.05, 3.63) is 24.3 Å². The molecule has 3 aliphatic rings. The van der Waals surface area contributed by atoms with Crippen LogP contribution in [-0.2, 0) is 9.53 Å². The third-order valence-electron chi connectivity index (χ3n) is 4.31. The minimum atomic E-state index is -0.200. The summed E-state index contributed by atoms with van der Waals surface area (Å²) in [6.45, 7) is 3.56. The fraction of sp³-hybridized carbons (Fsp3) is 0.562. The smallest absolute Gasteiger partial charge is 0.226 e. The number of rotatable bonds is 4. The summed E-state index contributed by atoms with van der Waals surface area (Å²) in [6.07, 6.45) is 0.169. The van der Waals surface area contributed by atoms with E-state index in [9.17, 15) is 4.79 Å². The maximum atomic E-state index is 12.3. The number of likely N-dealkylation sites (tertiary alicyclic amines) is 1. The van der Waals surface area contributed by atoms with Crippen molar-refractivity contribution in [2.75, 3.05) is 32.9 Å². The molecule has 118 valence electrons. The van der Waals surface area contributed by atoms with Crippen LogP contribution in [0.2, 0.25) is 0 Å². The molecule has 1 atom stereocenters. The van der Waals surface area contributed by atoms with E-state index in [1.54, 1.807) is 0 Å². The zero-order valence-electron chi connectivity index (χ0n) is 12.4. The molecule has 0 bridgehead atoms. The van der Waals surface area contributed by atoms with Crippen LogP contribution in [0.5, 0.6) is 11.5 Å². The van der Waals surface area contributed by atoms with Crippen molar-refractivity contribution in [3.8, 4) is 11.5 Å². The highest BCUT2D eigenvalue weighted by Crippen LogP contribution is 2.31. The zero-order chi connectivity index (χ0) is 14.9. The van der Waals surface area contributed by atoms with Crippen molar-refractivity contribution in [3.63, 3.8) is 0 Å². The number of benzene rings is 1. The van der Waals surface area contributed by atoms with Crippen LogP contribution in [0.1, 0.15) is 6.42 Å². The van der Waals surface area contributed by atoms with Crippen LogP contribution < -0.4 is 14.8 Å². The summed E-state index contributed by atoms with van der Waals surface area (Å²) in [5.74, 6) is 1.61. The number of fused-ring (bicyclic) bond motifs is 1. The van der Waals surface area contributed by atoms with E-state index in [0.29, 0.717) is 25.1 Å². The van der Waals surface area contributed by atoms with E-state index >= 15 is 0 Å². The van der Waals surface area contributed by atoms with E-state index in [-0.39, 0.29) is 12.0 Å². The molecule has 1 unspecified atom stereocenters. The summed E-state index contributed by atoms with van der Waals surface area (Å²) in [5.41, 5.74) is 0. The second-order valence-corrected chi connectivity index (χ2v) is 6.10. The van der Waals surface area contributed by atoms with Crippen molar-refractivity contribution in [1.29, 1.82) is 0 Å². The van der Waals surface area contributed by atoms with Gasteiger partial charge in [0.2, 0.25) is 5.91 Å². The summed E-state index contributed by atoms with van der Waals surface area (Å²) < 4.78 is 16.6. The second kappa shape index (κ2) is 5.78. The molecule has 6 heteroatoms. The van der Waals surface area contributed by atoms with E-state index < -0.39 is 0 Å². The number of ether oxygens (including phenoxy) is 3. The Hall–Kier alpha value is -1.79. The zero-order valence-corrected chi connectivity index (χ0v) is 12.4. The average Bonchev–Trinajstić information content (AvgIpc) is 2.43. The summed E-state index contributed by atoms with van der Waals surface area (Å²) in [5, 5.41) is 3.48. The molecular formula is C16H20N2O4. The first-order valence-electron chi connectivity index (χ1n) is 7.78. The second-order valence-electron chi connectivity index (χ2n) is 6.10. The summed E-state index contributed by atoms with van der Waals surface area (Å²) in [6, 6.07) is 8.44. The van der Waals surface area contributed by atoms with Gasteiger partial charge < -0.3 is 24.4 Å². The van der Waals surface area contributed by atoms with Gasteiger partial charge >= 0.3 is 0 Å². The third kappa shape index (κ3) is 2.76. The first kappa shape index (κ1) is 13.8. The van der Waals surface area contributed by atoms with Gasteiger partial charge in [0, 0.05) is 19.1 Å². The predicted octanol–water partition coefficient (Wildman–Crippen LogP) is 0.416. The maximum Gasteiger partial charge on any atom is 0.226 e. The van der Waals surface area contributed by atoms with E-state index in [0.717, 1.165) is 37.8 Å². The van der Waals surface area contributed by atoms with Crippen molar-refractivity contribution in [1.82, 2.24) is 10.2 Å². The van der Waals surface area contributed by atoms with Gasteiger partial charge in [-0.3, -0.25) is 4.79 Å². The number of para-hydroxylation sites is 2. The molecule has 0 aliphatic carbocycles. The lowest BCUT2D eigenvalue weighted by atomic mass is 10.1. The highest BCUT2D eigenvalue weighted by atomic mass is 16.6. The minimum Gasteiger partial charge on any atom is -0.486 e. The number of hydrogen-bond donors (Lipinski definition) is 1. The Morgan fingerprint density at radius 2 is 1.91 bits per heavy atom. The first-order chi connectivity index (χ1) is 10.8. The lowest BCUT2D eigenvalue weighted by Gasteiger charge is -2.43. The molecule has 1 N–H and O–H groups in total. The van der Waals surface area contributed by atoms with Crippen molar-refractivity contribution < 1.29 is 19.0 Å². The average molecular weight is 304 g/mol. The van der Waals surface area contributed by atoms with Gasteiger partial charge in [0.25, 0.3) is 0 Å². The number of carbonyl (C=O) groups is 1. The molecule has 0 saturated carbocycles. The van der Waals surface area contributed by atoms with Gasteiger partial charge in [-0.25, -0.2) is 0 Å². The van der Waals surface area contributed by atoms with E-state index in [1.807, 2.05) is 29.2 Å². The molecule has 3 aliphatic heterocycles. The quantitative estimate of drug-likeness (QED) is 0.873. The Morgan fingerprint density at radius 3 is 2.64 bits per heavy atom. The highest BCUT2D eigenvalue weighted by Gasteiger charge is 2.35. The van der Waals surface area contributed by atoms with E-state index in [1.165, 1.54) is 0 Å². The van der Waals surface area contributed by atoms with Crippen LogP contribution in [0.3, 0.4) is 0 Å². The van der Waals surface area contributed by atoms with Gasteiger partial charge in [-0.2, -0.15) is 0 Å². The molecular weight excluding hydrogens is 284 g/mol. The predicted molar refractivity (Wildman–Crippen MR) is 79.1 cm³/mol. The van der Waals surface area contributed by atoms with Crippen LogP contribution in [0.4, 0.5) is 0 Å². The van der Waals surface area contributed by atoms with Crippen LogP contribution >= 0.6 is 0 Å². The minimum absolute atomic E-state index is 0.135. The lowest BCUT2D eigenvalue weighted by molar-refractivity contribution is -0.139. The Bertz CT molecular complexity index is 555. The number of amides is 1. The molecule has 1 aromatic rings. The Labute approximate surface area is 129 Å². The molecule has 4 rings (SSSR count). The van der Waals surface area contributed by atoms with Gasteiger partial charge in [0.05, 0.1) is 25.7 Å². The monoisotopic (exact) mass is 304 g/mol. The van der Waals surface area contributed by atoms with E-state index in [2.05, 4.69) is 5.32 Å². The van der Waals surface area contributed by atoms with Gasteiger partial charge in [-0.15, -0.1) is 0 Å². The molecule has 0 spiro atoms. The molecule has 22 heavy (non-hydrogen) atoms. The van der Waals surface area contributed by atoms with Gasteiger partial charge in [-0.1, -0.05) is 12.1 Å². The standard InChI is InChI=1S/C16H20N2O4/c19-16(18-6-11(7-18)17-12-8-20-9-12)5-13-10-21-14-3-1-2-4-15(14)22-13/h1-4,11-13,17H,5-10H2. The topological polar surface area (TPSA) is 60.0 Å². The van der Waals surface area contributed by atoms with Crippen LogP contribution in [0.25, 0.3) is 0 Å². The molecule has 0 radical (unpaired) electrons. The van der Waals surface area contributed by atoms with Gasteiger partial charge in [0.1, 0.15) is 12.7 Å². The molecule has 3 heterocycles. The normalized spacial score (nSPS) is 24.5. The van der Waals surface area contributed by atoms with Crippen LogP contribution in [0, 0.1) is 0 Å². The molecule has 2 saturated heterocycles. The number of nitrogens with zero attached hydrogens (tertiary/aromatic N) is 1. The van der Waals surface area contributed by atoms with Crippen LogP contribution in [-0.4, -0.2) is 61.9 Å². The molecule has 2 fully saturated rings. The van der Waals surface area contributed by atoms with Crippen molar-refractivity contribution in [2.45, 2.75) is 24.6 Å². The molecule has 6 nitrogen and oxygen atoms in total. The Balaban J connectivity index is 1.24. The Kier molecular flexibility index (Phi) is 3.63. The summed E-state index contributed by atoms with van der Waals surface area (Å²) in [7, 11) is 0. The first-order valence-corrected chi connectivity index (χ1v) is 7.78. The molecule has 1 aromatic carbocycles. The summed E-state index contributed by atoms with van der Waals surface area (Å²) >= 11 is 0. The maximum absolute atomic E-state index is 12.3. The Morgan fingerprint density at radius 1 is 1.14 bits per heavy atom. The SMILES string of the molecule is O=C(CC1COc2ccccc2O1)N1CC(NC2COC2)C1. The van der Waals surface area contributed by atoms with Gasteiger partial charge in [0.15, 0.2) is 11.5 Å². The highest BCUT2D eigenvalue weighted by molar-refractivity contribution is 5.77. The fourth-order valence-corrected chi connectivity index (χ4v) is 2.94. The lowest BCUT2D eigenvalue weighted by Crippen LogP contribution is -2.64. The number of nitrogens with one attached hydrogen (secondary N) is 1.